The maximum Gasteiger partial charge on any atom is 0.338 e. The molecule has 0 saturated heterocycles. The minimum atomic E-state index is -0.518. The van der Waals surface area contributed by atoms with Crippen LogP contribution in [0.1, 0.15) is 44.4 Å². The van der Waals surface area contributed by atoms with E-state index in [1.165, 1.54) is 18.2 Å². The summed E-state index contributed by atoms with van der Waals surface area (Å²) in [6.07, 6.45) is 0.703. The summed E-state index contributed by atoms with van der Waals surface area (Å²) < 4.78 is 5.06. The minimum Gasteiger partial charge on any atom is -0.462 e. The Labute approximate surface area is 143 Å². The first-order valence-electron chi connectivity index (χ1n) is 7.49. The number of hydrogen-bond acceptors (Lipinski definition) is 4. The van der Waals surface area contributed by atoms with Crippen molar-refractivity contribution in [2.75, 3.05) is 11.5 Å². The van der Waals surface area contributed by atoms with Gasteiger partial charge in [-0.1, -0.05) is 30.7 Å². The quantitative estimate of drug-likeness (QED) is 0.627. The molecule has 2 aromatic rings. The molecule has 1 heterocycles. The number of hydrogen-bond donors (Lipinski definition) is 0. The molecular weight excluding hydrogens is 330 g/mol. The fraction of sp³-hybridized carbons (Fsp3) is 0.167. The smallest absolute Gasteiger partial charge is 0.338 e. The number of ether oxygens (including phenoxy) is 1. The number of imide groups is 1. The molecule has 2 aromatic carbocycles. The standard InChI is InChI=1S/C18H14ClNO4/c1-2-9-24-18(23)11-7-8-12-13(10-11)17(22)20(16(12)21)15-6-4-3-5-14(15)19/h3-8,10H,2,9H2,1H3. The summed E-state index contributed by atoms with van der Waals surface area (Å²) in [6, 6.07) is 11.0. The number of benzene rings is 2. The van der Waals surface area contributed by atoms with Crippen molar-refractivity contribution in [2.45, 2.75) is 13.3 Å². The highest BCUT2D eigenvalue weighted by atomic mass is 35.5. The average molecular weight is 344 g/mol. The van der Waals surface area contributed by atoms with Crippen LogP contribution in [0.2, 0.25) is 5.02 Å². The molecule has 2 amide bonds. The molecule has 0 atom stereocenters. The van der Waals surface area contributed by atoms with E-state index in [9.17, 15) is 14.4 Å². The second-order valence-electron chi connectivity index (χ2n) is 5.29. The van der Waals surface area contributed by atoms with E-state index in [0.29, 0.717) is 23.7 Å². The first kappa shape index (κ1) is 16.2. The van der Waals surface area contributed by atoms with Crippen LogP contribution in [0.4, 0.5) is 5.69 Å². The van der Waals surface area contributed by atoms with Gasteiger partial charge in [-0.3, -0.25) is 9.59 Å². The third-order valence-electron chi connectivity index (χ3n) is 3.65. The zero-order valence-corrected chi connectivity index (χ0v) is 13.7. The van der Waals surface area contributed by atoms with Crippen LogP contribution in [0.15, 0.2) is 42.5 Å². The summed E-state index contributed by atoms with van der Waals surface area (Å²) in [4.78, 5) is 38.2. The molecule has 122 valence electrons. The average Bonchev–Trinajstić information content (AvgIpc) is 2.84. The number of anilines is 1. The lowest BCUT2D eigenvalue weighted by atomic mass is 10.1. The molecule has 6 heteroatoms. The van der Waals surface area contributed by atoms with Crippen LogP contribution in [0, 0.1) is 0 Å². The van der Waals surface area contributed by atoms with Crippen LogP contribution in [0.5, 0.6) is 0 Å². The number of amides is 2. The molecule has 1 aliphatic heterocycles. The van der Waals surface area contributed by atoms with Gasteiger partial charge in [-0.2, -0.15) is 0 Å². The molecule has 1 aliphatic rings. The predicted molar refractivity (Wildman–Crippen MR) is 89.6 cm³/mol. The molecule has 3 rings (SSSR count). The van der Waals surface area contributed by atoms with Crippen molar-refractivity contribution >= 4 is 35.1 Å². The second kappa shape index (κ2) is 6.45. The molecule has 0 unspecified atom stereocenters. The molecule has 0 radical (unpaired) electrons. The molecule has 0 aliphatic carbocycles. The maximum atomic E-state index is 12.6. The third kappa shape index (κ3) is 2.67. The van der Waals surface area contributed by atoms with Gasteiger partial charge >= 0.3 is 5.97 Å². The Morgan fingerprint density at radius 1 is 1.08 bits per heavy atom. The summed E-state index contributed by atoms with van der Waals surface area (Å²) in [6.45, 7) is 2.19. The van der Waals surface area contributed by atoms with Crippen LogP contribution in [0.25, 0.3) is 0 Å². The van der Waals surface area contributed by atoms with Crippen LogP contribution in [-0.4, -0.2) is 24.4 Å². The Hall–Kier alpha value is -2.66. The fourth-order valence-corrected chi connectivity index (χ4v) is 2.72. The molecule has 24 heavy (non-hydrogen) atoms. The van der Waals surface area contributed by atoms with Crippen molar-refractivity contribution in [3.05, 3.63) is 64.2 Å². The van der Waals surface area contributed by atoms with Gasteiger partial charge in [-0.05, 0) is 36.8 Å². The number of nitrogens with zero attached hydrogens (tertiary/aromatic N) is 1. The molecule has 0 spiro atoms. The largest absolute Gasteiger partial charge is 0.462 e. The van der Waals surface area contributed by atoms with Gasteiger partial charge in [0.25, 0.3) is 11.8 Å². The lowest BCUT2D eigenvalue weighted by molar-refractivity contribution is 0.0505. The summed E-state index contributed by atoms with van der Waals surface area (Å²) in [5.74, 6) is -1.49. The zero-order chi connectivity index (χ0) is 17.3. The van der Waals surface area contributed by atoms with Crippen molar-refractivity contribution in [1.82, 2.24) is 0 Å². The minimum absolute atomic E-state index is 0.172. The van der Waals surface area contributed by atoms with Gasteiger partial charge < -0.3 is 4.74 Å². The van der Waals surface area contributed by atoms with E-state index >= 15 is 0 Å². The second-order valence-corrected chi connectivity index (χ2v) is 5.70. The Morgan fingerprint density at radius 2 is 1.79 bits per heavy atom. The van der Waals surface area contributed by atoms with Gasteiger partial charge in [0.05, 0.1) is 34.0 Å². The van der Waals surface area contributed by atoms with E-state index in [2.05, 4.69) is 0 Å². The Morgan fingerprint density at radius 3 is 2.50 bits per heavy atom. The van der Waals surface area contributed by atoms with E-state index in [-0.39, 0.29) is 16.7 Å². The maximum absolute atomic E-state index is 12.6. The molecule has 0 aromatic heterocycles. The zero-order valence-electron chi connectivity index (χ0n) is 12.9. The highest BCUT2D eigenvalue weighted by molar-refractivity contribution is 6.39. The van der Waals surface area contributed by atoms with Gasteiger partial charge in [-0.15, -0.1) is 0 Å². The van der Waals surface area contributed by atoms with Crippen molar-refractivity contribution in [2.24, 2.45) is 0 Å². The van der Waals surface area contributed by atoms with Crippen LogP contribution >= 0.6 is 11.6 Å². The first-order valence-corrected chi connectivity index (χ1v) is 7.87. The molecule has 0 saturated carbocycles. The number of fused-ring (bicyclic) bond motifs is 1. The number of halogens is 1. The van der Waals surface area contributed by atoms with Gasteiger partial charge in [0, 0.05) is 0 Å². The molecule has 0 fully saturated rings. The van der Waals surface area contributed by atoms with Crippen molar-refractivity contribution < 1.29 is 19.1 Å². The van der Waals surface area contributed by atoms with Gasteiger partial charge in [0.1, 0.15) is 0 Å². The van der Waals surface area contributed by atoms with Crippen LogP contribution in [-0.2, 0) is 4.74 Å². The highest BCUT2D eigenvalue weighted by Crippen LogP contribution is 2.33. The Kier molecular flexibility index (Phi) is 4.36. The van der Waals surface area contributed by atoms with Crippen LogP contribution in [0.3, 0.4) is 0 Å². The van der Waals surface area contributed by atoms with Crippen molar-refractivity contribution in [3.8, 4) is 0 Å². The predicted octanol–water partition coefficient (Wildman–Crippen LogP) is 3.71. The van der Waals surface area contributed by atoms with E-state index in [1.807, 2.05) is 6.92 Å². The van der Waals surface area contributed by atoms with E-state index in [4.69, 9.17) is 16.3 Å². The molecular formula is C18H14ClNO4. The summed E-state index contributed by atoms with van der Waals surface area (Å²) in [5, 5.41) is 0.301. The number of para-hydroxylation sites is 1. The monoisotopic (exact) mass is 343 g/mol. The Bertz CT molecular complexity index is 847. The van der Waals surface area contributed by atoms with Gasteiger partial charge in [0.15, 0.2) is 0 Å². The van der Waals surface area contributed by atoms with E-state index < -0.39 is 17.8 Å². The topological polar surface area (TPSA) is 63.7 Å². The number of esters is 1. The summed E-state index contributed by atoms with van der Waals surface area (Å²) in [7, 11) is 0. The van der Waals surface area contributed by atoms with Crippen molar-refractivity contribution in [1.29, 1.82) is 0 Å². The molecule has 5 nitrogen and oxygen atoms in total. The van der Waals surface area contributed by atoms with E-state index in [0.717, 1.165) is 4.90 Å². The van der Waals surface area contributed by atoms with Crippen LogP contribution < -0.4 is 4.90 Å². The lowest BCUT2D eigenvalue weighted by Gasteiger charge is -2.15. The summed E-state index contributed by atoms with van der Waals surface area (Å²) in [5.41, 5.74) is 0.975. The highest BCUT2D eigenvalue weighted by Gasteiger charge is 2.38. The lowest BCUT2D eigenvalue weighted by Crippen LogP contribution is -2.29. The molecule has 0 N–H and O–H groups in total. The van der Waals surface area contributed by atoms with Gasteiger partial charge in [0.2, 0.25) is 0 Å². The normalized spacial score (nSPS) is 13.2. The van der Waals surface area contributed by atoms with Crippen molar-refractivity contribution in [3.63, 3.8) is 0 Å². The summed E-state index contributed by atoms with van der Waals surface area (Å²) >= 11 is 6.10. The third-order valence-corrected chi connectivity index (χ3v) is 3.97. The fourth-order valence-electron chi connectivity index (χ4n) is 2.50. The Balaban J connectivity index is 1.98. The van der Waals surface area contributed by atoms with Gasteiger partial charge in [-0.25, -0.2) is 9.69 Å². The number of carbonyl (C=O) groups excluding carboxylic acids is 3. The number of carbonyl (C=O) groups is 3. The SMILES string of the molecule is CCCOC(=O)c1ccc2c(c1)C(=O)N(c1ccccc1Cl)C2=O. The number of rotatable bonds is 4. The first-order chi connectivity index (χ1) is 11.5. The van der Waals surface area contributed by atoms with E-state index in [1.54, 1.807) is 24.3 Å². The molecule has 0 bridgehead atoms.